The molecule has 15 heavy (non-hydrogen) atoms. The monoisotopic (exact) mass is 194 g/mol. The first kappa shape index (κ1) is 9.72. The minimum atomic E-state index is 0.940. The Morgan fingerprint density at radius 1 is 0.800 bits per heavy atom. The van der Waals surface area contributed by atoms with E-state index >= 15 is 0 Å². The summed E-state index contributed by atoms with van der Waals surface area (Å²) in [6, 6.07) is 19.1. The molecular formula is C15H14. The summed E-state index contributed by atoms with van der Waals surface area (Å²) in [5, 5.41) is 0. The molecule has 0 radical (unpaired) electrons. The second-order valence-corrected chi connectivity index (χ2v) is 3.56. The van der Waals surface area contributed by atoms with E-state index in [0.717, 1.165) is 6.42 Å². The van der Waals surface area contributed by atoms with Crippen LogP contribution in [0.2, 0.25) is 0 Å². The second kappa shape index (κ2) is 4.61. The predicted octanol–water partition coefficient (Wildman–Crippen LogP) is 4.08. The first-order chi connectivity index (χ1) is 7.40. The maximum absolute atomic E-state index is 3.74. The summed E-state index contributed by atoms with van der Waals surface area (Å²) in [5.41, 5.74) is 3.84. The Morgan fingerprint density at radius 3 is 2.00 bits per heavy atom. The van der Waals surface area contributed by atoms with Gasteiger partial charge in [-0.15, -0.1) is 6.58 Å². The van der Waals surface area contributed by atoms with Crippen molar-refractivity contribution in [2.24, 2.45) is 0 Å². The summed E-state index contributed by atoms with van der Waals surface area (Å²) in [6.07, 6.45) is 2.87. The normalized spacial score (nSPS) is 9.87. The van der Waals surface area contributed by atoms with E-state index in [9.17, 15) is 0 Å². The summed E-state index contributed by atoms with van der Waals surface area (Å²) in [5.74, 6) is 0. The molecule has 0 heteroatoms. The molecule has 0 unspecified atom stereocenters. The van der Waals surface area contributed by atoms with Crippen LogP contribution in [0.5, 0.6) is 0 Å². The molecule has 0 bridgehead atoms. The lowest BCUT2D eigenvalue weighted by Crippen LogP contribution is -1.81. The smallest absolute Gasteiger partial charge is 0.0100 e. The van der Waals surface area contributed by atoms with Crippen molar-refractivity contribution >= 4 is 0 Å². The van der Waals surface area contributed by atoms with Crippen molar-refractivity contribution in [2.75, 3.05) is 0 Å². The van der Waals surface area contributed by atoms with Crippen molar-refractivity contribution in [3.05, 3.63) is 72.8 Å². The number of benzene rings is 2. The van der Waals surface area contributed by atoms with Crippen molar-refractivity contribution in [3.8, 4) is 11.1 Å². The summed E-state index contributed by atoms with van der Waals surface area (Å²) >= 11 is 0. The van der Waals surface area contributed by atoms with Gasteiger partial charge in [-0.25, -0.2) is 0 Å². The van der Waals surface area contributed by atoms with Gasteiger partial charge in [0.1, 0.15) is 0 Å². The molecule has 2 aromatic carbocycles. The first-order valence-electron chi connectivity index (χ1n) is 5.15. The Morgan fingerprint density at radius 2 is 1.40 bits per heavy atom. The number of rotatable bonds is 3. The Balaban J connectivity index is 2.28. The Kier molecular flexibility index (Phi) is 2.99. The SMILES string of the molecule is C=CCc1ccc(-c2ccccc2)cc1. The van der Waals surface area contributed by atoms with Crippen LogP contribution in [0.25, 0.3) is 11.1 Å². The molecule has 0 aliphatic carbocycles. The molecule has 0 aromatic heterocycles. The summed E-state index contributed by atoms with van der Waals surface area (Å²) in [6.45, 7) is 3.74. The number of allylic oxidation sites excluding steroid dienone is 1. The topological polar surface area (TPSA) is 0 Å². The lowest BCUT2D eigenvalue weighted by molar-refractivity contribution is 1.28. The van der Waals surface area contributed by atoms with Crippen molar-refractivity contribution < 1.29 is 0 Å². The summed E-state index contributed by atoms with van der Waals surface area (Å²) in [4.78, 5) is 0. The molecule has 0 heterocycles. The van der Waals surface area contributed by atoms with E-state index in [2.05, 4.69) is 55.1 Å². The molecule has 0 aliphatic heterocycles. The minimum absolute atomic E-state index is 0.940. The molecule has 0 saturated carbocycles. The van der Waals surface area contributed by atoms with E-state index in [4.69, 9.17) is 0 Å². The lowest BCUT2D eigenvalue weighted by Gasteiger charge is -2.02. The molecule has 2 rings (SSSR count). The van der Waals surface area contributed by atoms with Crippen molar-refractivity contribution in [1.29, 1.82) is 0 Å². The van der Waals surface area contributed by atoms with Crippen LogP contribution < -0.4 is 0 Å². The summed E-state index contributed by atoms with van der Waals surface area (Å²) in [7, 11) is 0. The highest BCUT2D eigenvalue weighted by molar-refractivity contribution is 5.63. The molecular weight excluding hydrogens is 180 g/mol. The summed E-state index contributed by atoms with van der Waals surface area (Å²) < 4.78 is 0. The zero-order chi connectivity index (χ0) is 10.5. The van der Waals surface area contributed by atoms with Gasteiger partial charge in [0.15, 0.2) is 0 Å². The van der Waals surface area contributed by atoms with Gasteiger partial charge in [0.05, 0.1) is 0 Å². The molecule has 0 atom stereocenters. The van der Waals surface area contributed by atoms with Gasteiger partial charge >= 0.3 is 0 Å². The zero-order valence-electron chi connectivity index (χ0n) is 8.69. The van der Waals surface area contributed by atoms with Crippen LogP contribution >= 0.6 is 0 Å². The van der Waals surface area contributed by atoms with Gasteiger partial charge < -0.3 is 0 Å². The highest BCUT2D eigenvalue weighted by Gasteiger charge is 1.95. The van der Waals surface area contributed by atoms with Crippen LogP contribution in [-0.4, -0.2) is 0 Å². The van der Waals surface area contributed by atoms with Gasteiger partial charge in [0, 0.05) is 0 Å². The number of hydrogen-bond acceptors (Lipinski definition) is 0. The molecule has 0 N–H and O–H groups in total. The van der Waals surface area contributed by atoms with Crippen LogP contribution in [0.4, 0.5) is 0 Å². The molecule has 0 spiro atoms. The fourth-order valence-corrected chi connectivity index (χ4v) is 1.63. The minimum Gasteiger partial charge on any atom is -0.103 e. The Bertz CT molecular complexity index is 423. The van der Waals surface area contributed by atoms with Crippen LogP contribution in [0.3, 0.4) is 0 Å². The Labute approximate surface area is 90.9 Å². The van der Waals surface area contributed by atoms with E-state index in [1.807, 2.05) is 12.1 Å². The van der Waals surface area contributed by atoms with Gasteiger partial charge in [-0.3, -0.25) is 0 Å². The maximum Gasteiger partial charge on any atom is -0.0100 e. The fraction of sp³-hybridized carbons (Fsp3) is 0.0667. The fourth-order valence-electron chi connectivity index (χ4n) is 1.63. The van der Waals surface area contributed by atoms with Crippen molar-refractivity contribution in [1.82, 2.24) is 0 Å². The van der Waals surface area contributed by atoms with Gasteiger partial charge in [-0.05, 0) is 23.1 Å². The van der Waals surface area contributed by atoms with Gasteiger partial charge in [0.2, 0.25) is 0 Å². The lowest BCUT2D eigenvalue weighted by atomic mass is 10.0. The van der Waals surface area contributed by atoms with Crippen LogP contribution in [0.1, 0.15) is 5.56 Å². The van der Waals surface area contributed by atoms with Gasteiger partial charge in [-0.2, -0.15) is 0 Å². The average molecular weight is 194 g/mol. The number of hydrogen-bond donors (Lipinski definition) is 0. The van der Waals surface area contributed by atoms with Crippen molar-refractivity contribution in [2.45, 2.75) is 6.42 Å². The third kappa shape index (κ3) is 2.35. The van der Waals surface area contributed by atoms with E-state index < -0.39 is 0 Å². The third-order valence-electron chi connectivity index (χ3n) is 2.44. The largest absolute Gasteiger partial charge is 0.103 e. The highest BCUT2D eigenvalue weighted by atomic mass is 14.0. The van der Waals surface area contributed by atoms with E-state index in [1.54, 1.807) is 0 Å². The molecule has 0 fully saturated rings. The molecule has 0 nitrogen and oxygen atoms in total. The van der Waals surface area contributed by atoms with Crippen LogP contribution in [0.15, 0.2) is 67.3 Å². The molecule has 2 aromatic rings. The molecule has 0 amide bonds. The van der Waals surface area contributed by atoms with Crippen LogP contribution in [0, 0.1) is 0 Å². The standard InChI is InChI=1S/C15H14/c1-2-6-13-9-11-15(12-10-13)14-7-4-3-5-8-14/h2-5,7-12H,1,6H2. The van der Waals surface area contributed by atoms with Gasteiger partial charge in [-0.1, -0.05) is 60.7 Å². The van der Waals surface area contributed by atoms with Crippen LogP contribution in [-0.2, 0) is 6.42 Å². The van der Waals surface area contributed by atoms with E-state index in [0.29, 0.717) is 0 Å². The van der Waals surface area contributed by atoms with Gasteiger partial charge in [0.25, 0.3) is 0 Å². The maximum atomic E-state index is 3.74. The second-order valence-electron chi connectivity index (χ2n) is 3.56. The molecule has 0 aliphatic rings. The van der Waals surface area contributed by atoms with Crippen molar-refractivity contribution in [3.63, 3.8) is 0 Å². The predicted molar refractivity (Wildman–Crippen MR) is 65.8 cm³/mol. The first-order valence-corrected chi connectivity index (χ1v) is 5.15. The Hall–Kier alpha value is -1.82. The molecule has 74 valence electrons. The van der Waals surface area contributed by atoms with E-state index in [1.165, 1.54) is 16.7 Å². The zero-order valence-corrected chi connectivity index (χ0v) is 8.69. The van der Waals surface area contributed by atoms with E-state index in [-0.39, 0.29) is 0 Å². The third-order valence-corrected chi connectivity index (χ3v) is 2.44. The highest BCUT2D eigenvalue weighted by Crippen LogP contribution is 2.19. The quantitative estimate of drug-likeness (QED) is 0.646. The molecule has 0 saturated heterocycles. The average Bonchev–Trinajstić information content (AvgIpc) is 2.32.